The SMILES string of the molecule is C[C@H]([NH3+])/C=C/S(N)(=O)=O.[Cl-]. The smallest absolute Gasteiger partial charge is 0.231 e. The summed E-state index contributed by atoms with van der Waals surface area (Å²) < 4.78 is 20.4. The van der Waals surface area contributed by atoms with Crippen molar-refractivity contribution in [3.63, 3.8) is 0 Å². The topological polar surface area (TPSA) is 87.8 Å². The minimum absolute atomic E-state index is 0. The maximum Gasteiger partial charge on any atom is 0.231 e. The molecule has 0 saturated heterocycles. The van der Waals surface area contributed by atoms with Crippen molar-refractivity contribution in [1.29, 1.82) is 0 Å². The Morgan fingerprint density at radius 3 is 2.10 bits per heavy atom. The Hall–Kier alpha value is -0.100. The summed E-state index contributed by atoms with van der Waals surface area (Å²) in [6, 6.07) is -0.0247. The van der Waals surface area contributed by atoms with E-state index in [4.69, 9.17) is 0 Å². The van der Waals surface area contributed by atoms with E-state index in [0.717, 1.165) is 5.41 Å². The number of primary sulfonamides is 1. The molecule has 5 N–H and O–H groups in total. The molecule has 0 bridgehead atoms. The predicted octanol–water partition coefficient (Wildman–Crippen LogP) is -4.58. The molecule has 0 spiro atoms. The molecule has 0 aliphatic heterocycles. The molecule has 0 aromatic rings. The van der Waals surface area contributed by atoms with Crippen LogP contribution in [0.4, 0.5) is 0 Å². The highest BCUT2D eigenvalue weighted by atomic mass is 35.5. The summed E-state index contributed by atoms with van der Waals surface area (Å²) >= 11 is 0. The third-order valence-electron chi connectivity index (χ3n) is 0.597. The maximum atomic E-state index is 10.2. The Balaban J connectivity index is 0. The van der Waals surface area contributed by atoms with Gasteiger partial charge in [0.15, 0.2) is 0 Å². The summed E-state index contributed by atoms with van der Waals surface area (Å²) in [4.78, 5) is 0. The van der Waals surface area contributed by atoms with Crippen molar-refractivity contribution >= 4 is 10.0 Å². The second-order valence-electron chi connectivity index (χ2n) is 1.89. The van der Waals surface area contributed by atoms with E-state index in [1.54, 1.807) is 6.92 Å². The van der Waals surface area contributed by atoms with Gasteiger partial charge in [0.2, 0.25) is 10.0 Å². The van der Waals surface area contributed by atoms with Gasteiger partial charge in [0.1, 0.15) is 6.04 Å². The van der Waals surface area contributed by atoms with Crippen LogP contribution in [0.15, 0.2) is 11.5 Å². The Morgan fingerprint density at radius 2 is 2.00 bits per heavy atom. The van der Waals surface area contributed by atoms with Crippen molar-refractivity contribution in [3.8, 4) is 0 Å². The van der Waals surface area contributed by atoms with Gasteiger partial charge in [0, 0.05) is 5.41 Å². The van der Waals surface area contributed by atoms with E-state index in [2.05, 4.69) is 10.9 Å². The molecule has 0 amide bonds. The molecule has 0 aromatic heterocycles. The second kappa shape index (κ2) is 4.68. The molecule has 62 valence electrons. The first-order chi connectivity index (χ1) is 3.92. The van der Waals surface area contributed by atoms with Crippen LogP contribution in [-0.2, 0) is 10.0 Å². The third-order valence-corrected chi connectivity index (χ3v) is 1.13. The van der Waals surface area contributed by atoms with Crippen molar-refractivity contribution in [2.75, 3.05) is 0 Å². The van der Waals surface area contributed by atoms with Crippen molar-refractivity contribution in [1.82, 2.24) is 0 Å². The number of sulfonamides is 1. The van der Waals surface area contributed by atoms with Gasteiger partial charge in [-0.25, -0.2) is 13.6 Å². The van der Waals surface area contributed by atoms with E-state index in [0.29, 0.717) is 0 Å². The van der Waals surface area contributed by atoms with E-state index in [-0.39, 0.29) is 18.4 Å². The number of nitrogens with two attached hydrogens (primary N) is 1. The predicted molar refractivity (Wildman–Crippen MR) is 34.6 cm³/mol. The molecule has 0 fully saturated rings. The zero-order valence-electron chi connectivity index (χ0n) is 5.62. The molecular weight excluding hydrogens is 176 g/mol. The molecule has 0 rings (SSSR count). The first-order valence-electron chi connectivity index (χ1n) is 2.46. The Kier molecular flexibility index (Phi) is 5.87. The first-order valence-corrected chi connectivity index (χ1v) is 4.07. The lowest BCUT2D eigenvalue weighted by Crippen LogP contribution is -3.00. The average molecular weight is 187 g/mol. The third kappa shape index (κ3) is 10.8. The molecular formula is C4H11ClN2O2S. The fourth-order valence-corrected chi connectivity index (χ4v) is 0.731. The fourth-order valence-electron chi connectivity index (χ4n) is 0.244. The van der Waals surface area contributed by atoms with Crippen LogP contribution in [0.1, 0.15) is 6.92 Å². The van der Waals surface area contributed by atoms with Crippen LogP contribution in [0.5, 0.6) is 0 Å². The Morgan fingerprint density at radius 1 is 1.60 bits per heavy atom. The molecule has 0 aliphatic rings. The van der Waals surface area contributed by atoms with E-state index < -0.39 is 10.0 Å². The van der Waals surface area contributed by atoms with Gasteiger partial charge < -0.3 is 18.1 Å². The summed E-state index contributed by atoms with van der Waals surface area (Å²) in [7, 11) is -3.44. The van der Waals surface area contributed by atoms with Crippen molar-refractivity contribution < 1.29 is 26.6 Å². The van der Waals surface area contributed by atoms with Gasteiger partial charge in [-0.15, -0.1) is 0 Å². The number of hydrogen-bond acceptors (Lipinski definition) is 2. The van der Waals surface area contributed by atoms with Crippen LogP contribution in [0.3, 0.4) is 0 Å². The molecule has 0 unspecified atom stereocenters. The van der Waals surface area contributed by atoms with Gasteiger partial charge in [-0.3, -0.25) is 0 Å². The number of rotatable bonds is 2. The molecule has 0 aromatic carbocycles. The standard InChI is InChI=1S/C4H10N2O2S.ClH/c1-4(5)2-3-9(6,7)8;/h2-4H,5H2,1H3,(H2,6,7,8);1H/b3-2+;/t4-;/m0./s1. The van der Waals surface area contributed by atoms with Crippen molar-refractivity contribution in [2.24, 2.45) is 5.14 Å². The van der Waals surface area contributed by atoms with Gasteiger partial charge in [-0.2, -0.15) is 0 Å². The normalized spacial score (nSPS) is 14.7. The van der Waals surface area contributed by atoms with Crippen molar-refractivity contribution in [2.45, 2.75) is 13.0 Å². The first kappa shape index (κ1) is 12.6. The largest absolute Gasteiger partial charge is 1.00 e. The van der Waals surface area contributed by atoms with Gasteiger partial charge in [-0.05, 0) is 13.0 Å². The molecule has 10 heavy (non-hydrogen) atoms. The summed E-state index contributed by atoms with van der Waals surface area (Å²) in [5, 5.41) is 5.59. The second-order valence-corrected chi connectivity index (χ2v) is 3.35. The molecule has 6 heteroatoms. The molecule has 0 saturated carbocycles. The Labute approximate surface area is 66.7 Å². The summed E-state index contributed by atoms with van der Waals surface area (Å²) in [5.41, 5.74) is 3.53. The minimum Gasteiger partial charge on any atom is -1.00 e. The van der Waals surface area contributed by atoms with E-state index in [1.165, 1.54) is 6.08 Å². The highest BCUT2D eigenvalue weighted by Gasteiger charge is 1.94. The summed E-state index contributed by atoms with van der Waals surface area (Å²) in [5.74, 6) is 0. The van der Waals surface area contributed by atoms with Gasteiger partial charge in [0.25, 0.3) is 0 Å². The number of halogens is 1. The lowest BCUT2D eigenvalue weighted by atomic mass is 10.4. The number of hydrogen-bond donors (Lipinski definition) is 2. The van der Waals surface area contributed by atoms with Crippen LogP contribution in [0.25, 0.3) is 0 Å². The zero-order chi connectivity index (χ0) is 7.49. The molecule has 4 nitrogen and oxygen atoms in total. The zero-order valence-corrected chi connectivity index (χ0v) is 7.19. The van der Waals surface area contributed by atoms with Gasteiger partial charge >= 0.3 is 0 Å². The van der Waals surface area contributed by atoms with Crippen LogP contribution in [0.2, 0.25) is 0 Å². The van der Waals surface area contributed by atoms with Crippen LogP contribution in [-0.4, -0.2) is 14.5 Å². The quantitative estimate of drug-likeness (QED) is 0.455. The van der Waals surface area contributed by atoms with E-state index in [9.17, 15) is 8.42 Å². The van der Waals surface area contributed by atoms with Gasteiger partial charge in [-0.1, -0.05) is 0 Å². The monoisotopic (exact) mass is 186 g/mol. The molecule has 0 radical (unpaired) electrons. The highest BCUT2D eigenvalue weighted by Crippen LogP contribution is 1.81. The van der Waals surface area contributed by atoms with Crippen LogP contribution in [0, 0.1) is 0 Å². The summed E-state index contributed by atoms with van der Waals surface area (Å²) in [6.07, 6.45) is 1.43. The minimum atomic E-state index is -3.44. The number of quaternary nitrogens is 1. The molecule has 1 atom stereocenters. The molecule has 0 heterocycles. The van der Waals surface area contributed by atoms with E-state index >= 15 is 0 Å². The van der Waals surface area contributed by atoms with Crippen LogP contribution >= 0.6 is 0 Å². The van der Waals surface area contributed by atoms with Gasteiger partial charge in [0.05, 0.1) is 0 Å². The maximum absolute atomic E-state index is 10.2. The lowest BCUT2D eigenvalue weighted by molar-refractivity contribution is -0.397. The molecule has 0 aliphatic carbocycles. The summed E-state index contributed by atoms with van der Waals surface area (Å²) in [6.45, 7) is 1.77. The lowest BCUT2D eigenvalue weighted by Gasteiger charge is -1.88. The van der Waals surface area contributed by atoms with Crippen molar-refractivity contribution in [3.05, 3.63) is 11.5 Å². The van der Waals surface area contributed by atoms with E-state index in [1.807, 2.05) is 0 Å². The average Bonchev–Trinajstić information content (AvgIpc) is 1.59. The van der Waals surface area contributed by atoms with Crippen LogP contribution < -0.4 is 23.3 Å². The Bertz CT molecular complexity index is 197. The highest BCUT2D eigenvalue weighted by molar-refractivity contribution is 7.92. The fraction of sp³-hybridized carbons (Fsp3) is 0.500.